The predicted molar refractivity (Wildman–Crippen MR) is 123 cm³/mol. The van der Waals surface area contributed by atoms with Crippen molar-refractivity contribution in [2.45, 2.75) is 65.1 Å². The van der Waals surface area contributed by atoms with E-state index in [4.69, 9.17) is 5.73 Å². The van der Waals surface area contributed by atoms with Crippen molar-refractivity contribution in [1.29, 1.82) is 0 Å². The smallest absolute Gasteiger partial charge is 0.312 e. The van der Waals surface area contributed by atoms with Crippen LogP contribution in [0.25, 0.3) is 10.9 Å². The number of nitrogens with two attached hydrogens (primary N) is 1. The van der Waals surface area contributed by atoms with Gasteiger partial charge in [-0.3, -0.25) is 9.59 Å². The first kappa shape index (κ1) is 24.4. The number of hydrogen-bond acceptors (Lipinski definition) is 4. The fourth-order valence-corrected chi connectivity index (χ4v) is 3.63. The molecule has 0 saturated heterocycles. The minimum atomic E-state index is -0.610. The molecule has 0 saturated carbocycles. The van der Waals surface area contributed by atoms with Crippen molar-refractivity contribution in [2.24, 2.45) is 11.7 Å². The third kappa shape index (κ3) is 7.40. The number of carbonyl (C=O) groups excluding carboxylic acids is 3. The molecule has 0 radical (unpaired) electrons. The third-order valence-corrected chi connectivity index (χ3v) is 5.15. The van der Waals surface area contributed by atoms with Crippen LogP contribution in [-0.2, 0) is 16.0 Å². The number of ketones is 1. The van der Waals surface area contributed by atoms with Gasteiger partial charge in [-0.1, -0.05) is 45.9 Å². The van der Waals surface area contributed by atoms with E-state index < -0.39 is 18.1 Å². The monoisotopic (exact) mass is 429 g/mol. The second kappa shape index (κ2) is 11.5. The van der Waals surface area contributed by atoms with Gasteiger partial charge in [-0.25, -0.2) is 4.79 Å². The number of para-hydroxylation sites is 1. The zero-order chi connectivity index (χ0) is 23.0. The molecule has 31 heavy (non-hydrogen) atoms. The van der Waals surface area contributed by atoms with Crippen LogP contribution in [0.15, 0.2) is 30.5 Å². The lowest BCUT2D eigenvalue weighted by Crippen LogP contribution is -2.53. The quantitative estimate of drug-likeness (QED) is 0.331. The van der Waals surface area contributed by atoms with Crippen LogP contribution in [-0.4, -0.2) is 47.4 Å². The molecule has 1 aromatic heterocycles. The molecule has 0 spiro atoms. The maximum absolute atomic E-state index is 13.2. The van der Waals surface area contributed by atoms with Crippen LogP contribution in [0.1, 0.15) is 46.1 Å². The minimum absolute atomic E-state index is 0.0252. The van der Waals surface area contributed by atoms with Crippen molar-refractivity contribution >= 4 is 28.6 Å². The third-order valence-electron chi connectivity index (χ3n) is 5.15. The molecule has 8 heteroatoms. The summed E-state index contributed by atoms with van der Waals surface area (Å²) in [5.41, 5.74) is 7.16. The van der Waals surface area contributed by atoms with Gasteiger partial charge in [-0.15, -0.1) is 0 Å². The Balaban J connectivity index is 2.13. The van der Waals surface area contributed by atoms with Gasteiger partial charge in [0.1, 0.15) is 0 Å². The summed E-state index contributed by atoms with van der Waals surface area (Å²) in [5, 5.41) is 9.87. The van der Waals surface area contributed by atoms with Gasteiger partial charge in [0.05, 0.1) is 12.1 Å². The van der Waals surface area contributed by atoms with E-state index in [1.807, 2.05) is 58.2 Å². The molecule has 2 atom stereocenters. The standard InChI is InChI=1S/C23H35N5O3/c1-14(2)21(29)19(10-7-11-25-23(24)31)28-22(30)20(27-15(3)4)12-16-13-26-18-9-6-5-8-17(16)18/h5-6,8-9,13-15,19-20,26-27H,7,10-12H2,1-4H3,(H,28,30)(H3,24,25,31)/t19-,20-/m0/s1. The lowest BCUT2D eigenvalue weighted by Gasteiger charge is -2.25. The number of hydrogen-bond donors (Lipinski definition) is 5. The maximum atomic E-state index is 13.2. The number of rotatable bonds is 12. The van der Waals surface area contributed by atoms with Gasteiger partial charge >= 0.3 is 6.03 Å². The molecule has 0 aliphatic carbocycles. The van der Waals surface area contributed by atoms with Gasteiger partial charge in [-0.2, -0.15) is 0 Å². The molecule has 2 rings (SSSR count). The normalized spacial score (nSPS) is 13.4. The molecule has 2 aromatic rings. The highest BCUT2D eigenvalue weighted by Gasteiger charge is 2.27. The lowest BCUT2D eigenvalue weighted by atomic mass is 9.96. The number of H-pyrrole nitrogens is 1. The summed E-state index contributed by atoms with van der Waals surface area (Å²) in [4.78, 5) is 40.0. The fraction of sp³-hybridized carbons (Fsp3) is 0.522. The number of amides is 3. The molecule has 0 aliphatic heterocycles. The van der Waals surface area contributed by atoms with E-state index in [-0.39, 0.29) is 23.7 Å². The van der Waals surface area contributed by atoms with Crippen LogP contribution in [0.2, 0.25) is 0 Å². The Hall–Kier alpha value is -2.87. The van der Waals surface area contributed by atoms with E-state index in [2.05, 4.69) is 20.9 Å². The number of aromatic amines is 1. The van der Waals surface area contributed by atoms with E-state index in [9.17, 15) is 14.4 Å². The van der Waals surface area contributed by atoms with Crippen molar-refractivity contribution in [2.75, 3.05) is 6.54 Å². The van der Waals surface area contributed by atoms with Crippen LogP contribution in [0.3, 0.4) is 0 Å². The van der Waals surface area contributed by atoms with Gasteiger partial charge < -0.3 is 26.7 Å². The average Bonchev–Trinajstić information content (AvgIpc) is 3.11. The summed E-state index contributed by atoms with van der Waals surface area (Å²) in [5.74, 6) is -0.441. The highest BCUT2D eigenvalue weighted by Crippen LogP contribution is 2.19. The van der Waals surface area contributed by atoms with Crippen LogP contribution in [0.5, 0.6) is 0 Å². The second-order valence-corrected chi connectivity index (χ2v) is 8.49. The summed E-state index contributed by atoms with van der Waals surface area (Å²) < 4.78 is 0. The SMILES string of the molecule is CC(C)N[C@@H](Cc1c[nH]c2ccccc12)C(=O)N[C@@H](CCCNC(N)=O)C(=O)C(C)C. The van der Waals surface area contributed by atoms with Gasteiger partial charge in [0.15, 0.2) is 5.78 Å². The largest absolute Gasteiger partial charge is 0.361 e. The van der Waals surface area contributed by atoms with Crippen molar-refractivity contribution in [3.05, 3.63) is 36.0 Å². The first-order valence-electron chi connectivity index (χ1n) is 10.9. The number of urea groups is 1. The zero-order valence-corrected chi connectivity index (χ0v) is 18.8. The Bertz CT molecular complexity index is 890. The molecular weight excluding hydrogens is 394 g/mol. The van der Waals surface area contributed by atoms with E-state index in [0.29, 0.717) is 25.8 Å². The lowest BCUT2D eigenvalue weighted by molar-refractivity contribution is -0.130. The topological polar surface area (TPSA) is 129 Å². The Kier molecular flexibility index (Phi) is 9.05. The summed E-state index contributed by atoms with van der Waals surface area (Å²) in [6.07, 6.45) is 3.40. The van der Waals surface area contributed by atoms with Crippen molar-refractivity contribution in [3.63, 3.8) is 0 Å². The summed E-state index contributed by atoms with van der Waals surface area (Å²) in [6, 6.07) is 6.38. The first-order chi connectivity index (χ1) is 14.7. The number of fused-ring (bicyclic) bond motifs is 1. The molecule has 8 nitrogen and oxygen atoms in total. The predicted octanol–water partition coefficient (Wildman–Crippen LogP) is 2.24. The van der Waals surface area contributed by atoms with Gasteiger partial charge in [-0.05, 0) is 30.9 Å². The van der Waals surface area contributed by atoms with Gasteiger partial charge in [0.25, 0.3) is 0 Å². The van der Waals surface area contributed by atoms with E-state index in [0.717, 1.165) is 16.5 Å². The Morgan fingerprint density at radius 1 is 1.06 bits per heavy atom. The molecule has 0 unspecified atom stereocenters. The van der Waals surface area contributed by atoms with Crippen LogP contribution < -0.4 is 21.7 Å². The Morgan fingerprint density at radius 3 is 2.42 bits per heavy atom. The molecule has 6 N–H and O–H groups in total. The number of aromatic nitrogens is 1. The van der Waals surface area contributed by atoms with E-state index in [1.54, 1.807) is 0 Å². The molecule has 1 heterocycles. The molecule has 0 bridgehead atoms. The zero-order valence-electron chi connectivity index (χ0n) is 18.8. The molecule has 0 fully saturated rings. The number of primary amides is 1. The maximum Gasteiger partial charge on any atom is 0.312 e. The van der Waals surface area contributed by atoms with Crippen molar-refractivity contribution < 1.29 is 14.4 Å². The molecule has 0 aliphatic rings. The number of nitrogens with one attached hydrogen (secondary N) is 4. The Morgan fingerprint density at radius 2 is 1.77 bits per heavy atom. The molecular formula is C23H35N5O3. The number of Topliss-reactive ketones (excluding diaryl/α,β-unsaturated/α-hetero) is 1. The second-order valence-electron chi connectivity index (χ2n) is 8.49. The fourth-order valence-electron chi connectivity index (χ4n) is 3.63. The number of carbonyl (C=O) groups is 3. The van der Waals surface area contributed by atoms with Crippen LogP contribution in [0, 0.1) is 5.92 Å². The molecule has 1 aromatic carbocycles. The average molecular weight is 430 g/mol. The van der Waals surface area contributed by atoms with E-state index >= 15 is 0 Å². The Labute approximate surface area is 183 Å². The van der Waals surface area contributed by atoms with Crippen LogP contribution in [0.4, 0.5) is 4.79 Å². The minimum Gasteiger partial charge on any atom is -0.361 e. The van der Waals surface area contributed by atoms with Gasteiger partial charge in [0, 0.05) is 35.6 Å². The summed E-state index contributed by atoms with van der Waals surface area (Å²) >= 11 is 0. The number of benzene rings is 1. The summed E-state index contributed by atoms with van der Waals surface area (Å²) in [6.45, 7) is 7.97. The molecule has 3 amide bonds. The first-order valence-corrected chi connectivity index (χ1v) is 10.9. The van der Waals surface area contributed by atoms with Crippen LogP contribution >= 0.6 is 0 Å². The summed E-state index contributed by atoms with van der Waals surface area (Å²) in [7, 11) is 0. The van der Waals surface area contributed by atoms with Gasteiger partial charge in [0.2, 0.25) is 5.91 Å². The molecule has 170 valence electrons. The van der Waals surface area contributed by atoms with Crippen molar-refractivity contribution in [1.82, 2.24) is 20.9 Å². The highest BCUT2D eigenvalue weighted by molar-refractivity contribution is 5.92. The van der Waals surface area contributed by atoms with E-state index in [1.165, 1.54) is 0 Å². The van der Waals surface area contributed by atoms with Crippen molar-refractivity contribution in [3.8, 4) is 0 Å². The highest BCUT2D eigenvalue weighted by atomic mass is 16.2.